The minimum absolute atomic E-state index is 0.0565. The fraction of sp³-hybridized carbons (Fsp3) is 0.643. The van der Waals surface area contributed by atoms with E-state index >= 15 is 0 Å². The molecule has 1 fully saturated rings. The van der Waals surface area contributed by atoms with Crippen LogP contribution in [0.1, 0.15) is 27.7 Å². The highest BCUT2D eigenvalue weighted by Crippen LogP contribution is 2.32. The molecule has 1 aliphatic rings. The molecule has 0 radical (unpaired) electrons. The Morgan fingerprint density at radius 1 is 1.24 bits per heavy atom. The number of morpholine rings is 1. The van der Waals surface area contributed by atoms with Crippen molar-refractivity contribution in [2.45, 2.75) is 43.9 Å². The first-order valence-corrected chi connectivity index (χ1v) is 8.35. The monoisotopic (exact) mass is 313 g/mol. The van der Waals surface area contributed by atoms with Crippen LogP contribution in [-0.4, -0.2) is 49.0 Å². The minimum atomic E-state index is -3.67. The summed E-state index contributed by atoms with van der Waals surface area (Å²) in [6.07, 6.45) is 1.49. The van der Waals surface area contributed by atoms with Gasteiger partial charge in [0.2, 0.25) is 0 Å². The Bertz CT molecular complexity index is 610. The minimum Gasteiger partial charge on any atom is -0.386 e. The molecule has 2 rings (SSSR count). The van der Waals surface area contributed by atoms with E-state index in [1.165, 1.54) is 10.5 Å². The summed E-state index contributed by atoms with van der Waals surface area (Å²) in [7, 11) is -1.98. The van der Waals surface area contributed by atoms with Crippen molar-refractivity contribution in [3.63, 3.8) is 0 Å². The van der Waals surface area contributed by atoms with Crippen molar-refractivity contribution in [1.82, 2.24) is 9.29 Å². The predicted octanol–water partition coefficient (Wildman–Crippen LogP) is 1.70. The van der Waals surface area contributed by atoms with Gasteiger partial charge in [0.1, 0.15) is 0 Å². The molecule has 2 heterocycles. The normalized spacial score (nSPS) is 22.0. The van der Waals surface area contributed by atoms with Crippen LogP contribution in [0.2, 0.25) is 0 Å². The van der Waals surface area contributed by atoms with Gasteiger partial charge < -0.3 is 10.1 Å². The molecular weight excluding hydrogens is 290 g/mol. The first kappa shape index (κ1) is 16.2. The molecule has 0 bridgehead atoms. The predicted molar refractivity (Wildman–Crippen MR) is 81.8 cm³/mol. The van der Waals surface area contributed by atoms with E-state index in [-0.39, 0.29) is 5.03 Å². The average Bonchev–Trinajstić information content (AvgIpc) is 2.35. The number of anilines is 1. The lowest BCUT2D eigenvalue weighted by atomic mass is 10.0. The number of ether oxygens (including phenoxy) is 1. The Labute approximate surface area is 126 Å². The van der Waals surface area contributed by atoms with Crippen molar-refractivity contribution in [2.75, 3.05) is 25.5 Å². The molecule has 0 aromatic carbocycles. The van der Waals surface area contributed by atoms with E-state index < -0.39 is 21.2 Å². The van der Waals surface area contributed by atoms with Crippen LogP contribution < -0.4 is 5.32 Å². The lowest BCUT2D eigenvalue weighted by Crippen LogP contribution is -2.58. The number of rotatable bonds is 3. The summed E-state index contributed by atoms with van der Waals surface area (Å²) in [4.78, 5) is 4.06. The number of sulfonamides is 1. The van der Waals surface area contributed by atoms with Crippen molar-refractivity contribution >= 4 is 15.7 Å². The molecule has 0 saturated carbocycles. The SMILES string of the molecule is CNc1cccnc1S(=O)(=O)N1CC(C)(C)OC(C)(C)C1. The second kappa shape index (κ2) is 5.23. The number of hydrogen-bond donors (Lipinski definition) is 1. The maximum absolute atomic E-state index is 12.9. The van der Waals surface area contributed by atoms with Crippen molar-refractivity contribution in [2.24, 2.45) is 0 Å². The number of nitrogens with zero attached hydrogens (tertiary/aromatic N) is 2. The Balaban J connectivity index is 2.44. The van der Waals surface area contributed by atoms with Gasteiger partial charge in [0.15, 0.2) is 5.03 Å². The molecule has 118 valence electrons. The first-order valence-electron chi connectivity index (χ1n) is 6.90. The van der Waals surface area contributed by atoms with Crippen LogP contribution in [0.25, 0.3) is 0 Å². The van der Waals surface area contributed by atoms with Crippen LogP contribution in [0.3, 0.4) is 0 Å². The van der Waals surface area contributed by atoms with Gasteiger partial charge in [-0.3, -0.25) is 0 Å². The maximum atomic E-state index is 12.9. The van der Waals surface area contributed by atoms with Crippen molar-refractivity contribution in [3.05, 3.63) is 18.3 Å². The second-order valence-electron chi connectivity index (χ2n) is 6.50. The molecule has 0 unspecified atom stereocenters. The smallest absolute Gasteiger partial charge is 0.262 e. The Morgan fingerprint density at radius 3 is 2.33 bits per heavy atom. The van der Waals surface area contributed by atoms with Crippen molar-refractivity contribution in [3.8, 4) is 0 Å². The van der Waals surface area contributed by atoms with E-state index in [9.17, 15) is 8.42 Å². The fourth-order valence-electron chi connectivity index (χ4n) is 2.80. The molecule has 1 N–H and O–H groups in total. The highest BCUT2D eigenvalue weighted by atomic mass is 32.2. The zero-order chi connectivity index (χ0) is 15.9. The van der Waals surface area contributed by atoms with E-state index in [0.29, 0.717) is 18.8 Å². The zero-order valence-corrected chi connectivity index (χ0v) is 14.0. The van der Waals surface area contributed by atoms with Gasteiger partial charge in [0.05, 0.1) is 16.9 Å². The number of pyridine rings is 1. The van der Waals surface area contributed by atoms with E-state index in [1.807, 2.05) is 27.7 Å². The lowest BCUT2D eigenvalue weighted by molar-refractivity contribution is -0.163. The molecule has 1 aromatic rings. The van der Waals surface area contributed by atoms with E-state index in [2.05, 4.69) is 10.3 Å². The van der Waals surface area contributed by atoms with Gasteiger partial charge in [0.25, 0.3) is 10.0 Å². The van der Waals surface area contributed by atoms with Gasteiger partial charge in [-0.1, -0.05) is 0 Å². The largest absolute Gasteiger partial charge is 0.386 e. The molecule has 0 atom stereocenters. The van der Waals surface area contributed by atoms with Crippen LogP contribution in [-0.2, 0) is 14.8 Å². The molecule has 1 aromatic heterocycles. The van der Waals surface area contributed by atoms with Gasteiger partial charge >= 0.3 is 0 Å². The van der Waals surface area contributed by atoms with E-state index in [4.69, 9.17) is 4.74 Å². The van der Waals surface area contributed by atoms with Crippen LogP contribution in [0.4, 0.5) is 5.69 Å². The van der Waals surface area contributed by atoms with E-state index in [1.54, 1.807) is 19.2 Å². The van der Waals surface area contributed by atoms with Gasteiger partial charge in [0, 0.05) is 26.3 Å². The first-order chi connectivity index (χ1) is 9.57. The number of hydrogen-bond acceptors (Lipinski definition) is 5. The molecular formula is C14H23N3O3S. The highest BCUT2D eigenvalue weighted by molar-refractivity contribution is 7.89. The third-order valence-corrected chi connectivity index (χ3v) is 5.04. The Hall–Kier alpha value is -1.18. The number of nitrogens with one attached hydrogen (secondary N) is 1. The summed E-state index contributed by atoms with van der Waals surface area (Å²) in [5.74, 6) is 0. The third kappa shape index (κ3) is 3.36. The second-order valence-corrected chi connectivity index (χ2v) is 8.35. The van der Waals surface area contributed by atoms with Crippen LogP contribution >= 0.6 is 0 Å². The van der Waals surface area contributed by atoms with Crippen molar-refractivity contribution < 1.29 is 13.2 Å². The Kier molecular flexibility index (Phi) is 4.03. The number of aromatic nitrogens is 1. The average molecular weight is 313 g/mol. The lowest BCUT2D eigenvalue weighted by Gasteiger charge is -2.46. The van der Waals surface area contributed by atoms with Gasteiger partial charge in [-0.05, 0) is 39.8 Å². The topological polar surface area (TPSA) is 71.5 Å². The molecule has 21 heavy (non-hydrogen) atoms. The maximum Gasteiger partial charge on any atom is 0.262 e. The molecule has 0 spiro atoms. The summed E-state index contributed by atoms with van der Waals surface area (Å²) >= 11 is 0. The zero-order valence-electron chi connectivity index (χ0n) is 13.2. The Morgan fingerprint density at radius 2 is 1.81 bits per heavy atom. The summed E-state index contributed by atoms with van der Waals surface area (Å²) in [5.41, 5.74) is -0.577. The highest BCUT2D eigenvalue weighted by Gasteiger charge is 2.44. The molecule has 1 aliphatic heterocycles. The van der Waals surface area contributed by atoms with Gasteiger partial charge in [-0.2, -0.15) is 4.31 Å². The van der Waals surface area contributed by atoms with E-state index in [0.717, 1.165) is 0 Å². The summed E-state index contributed by atoms with van der Waals surface area (Å²) in [6.45, 7) is 8.19. The molecule has 7 heteroatoms. The fourth-order valence-corrected chi connectivity index (χ4v) is 4.65. The van der Waals surface area contributed by atoms with Gasteiger partial charge in [-0.25, -0.2) is 13.4 Å². The quantitative estimate of drug-likeness (QED) is 0.919. The van der Waals surface area contributed by atoms with Crippen LogP contribution in [0.15, 0.2) is 23.4 Å². The molecule has 0 aliphatic carbocycles. The van der Waals surface area contributed by atoms with Crippen LogP contribution in [0.5, 0.6) is 0 Å². The molecule has 1 saturated heterocycles. The summed E-state index contributed by atoms with van der Waals surface area (Å²) in [6, 6.07) is 3.41. The summed E-state index contributed by atoms with van der Waals surface area (Å²) < 4.78 is 33.2. The van der Waals surface area contributed by atoms with Crippen LogP contribution in [0, 0.1) is 0 Å². The molecule has 6 nitrogen and oxygen atoms in total. The molecule has 0 amide bonds. The summed E-state index contributed by atoms with van der Waals surface area (Å²) in [5, 5.41) is 2.94. The van der Waals surface area contributed by atoms with Gasteiger partial charge in [-0.15, -0.1) is 0 Å². The third-order valence-electron chi connectivity index (χ3n) is 3.29. The van der Waals surface area contributed by atoms with Crippen molar-refractivity contribution in [1.29, 1.82) is 0 Å². The standard InChI is InChI=1S/C14H23N3O3S/c1-13(2)9-17(10-14(3,4)20-13)21(18,19)12-11(15-5)7-6-8-16-12/h6-8,15H,9-10H2,1-5H3.